The number of hydrogen-bond donors (Lipinski definition) is 0. The summed E-state index contributed by atoms with van der Waals surface area (Å²) in [5.74, 6) is 0. The summed E-state index contributed by atoms with van der Waals surface area (Å²) in [6.07, 6.45) is -10.1. The average Bonchev–Trinajstić information content (AvgIpc) is 2.43. The highest BCUT2D eigenvalue weighted by atomic mass is 32.3. The molecule has 0 aromatic rings. The van der Waals surface area contributed by atoms with Crippen LogP contribution in [0.5, 0.6) is 0 Å². The Bertz CT molecular complexity index is 749. The molecule has 0 unspecified atom stereocenters. The van der Waals surface area contributed by atoms with Gasteiger partial charge in [0.05, 0.1) is 27.2 Å². The molecule has 0 aromatic heterocycles. The first-order valence-corrected chi connectivity index (χ1v) is 9.87. The molecule has 0 saturated carbocycles. The quantitative estimate of drug-likeness (QED) is 0.285. The Morgan fingerprint density at radius 1 is 0.700 bits per heavy atom. The molecule has 0 aliphatic rings. The molecule has 0 fully saturated rings. The molecule has 18 heteroatoms. The number of halogens is 10. The van der Waals surface area contributed by atoms with Crippen LogP contribution in [0, 0.1) is 0 Å². The molecule has 6 nitrogen and oxygen atoms in total. The third-order valence-corrected chi connectivity index (χ3v) is 6.08. The first-order valence-electron chi connectivity index (χ1n) is 6.99. The summed E-state index contributed by atoms with van der Waals surface area (Å²) in [6.45, 7) is 9.37. The van der Waals surface area contributed by atoms with Crippen molar-refractivity contribution in [2.75, 3.05) is 27.2 Å². The van der Waals surface area contributed by atoms with E-state index in [9.17, 15) is 60.7 Å². The van der Waals surface area contributed by atoms with Gasteiger partial charge in [-0.1, -0.05) is 13.2 Å². The first-order chi connectivity index (χ1) is 12.8. The molecular weight excluding hydrogens is 490 g/mol. The van der Waals surface area contributed by atoms with E-state index >= 15 is 0 Å². The third kappa shape index (κ3) is 7.38. The molecule has 0 bridgehead atoms. The van der Waals surface area contributed by atoms with Crippen molar-refractivity contribution in [1.82, 2.24) is 0 Å². The average molecular weight is 506 g/mol. The van der Waals surface area contributed by atoms with Gasteiger partial charge in [-0.2, -0.15) is 43.9 Å². The second-order valence-electron chi connectivity index (χ2n) is 5.93. The summed E-state index contributed by atoms with van der Waals surface area (Å²) in [7, 11) is -10.9. The molecule has 180 valence electrons. The number of hydrogen-bond acceptors (Lipinski definition) is 4. The monoisotopic (exact) mass is 506 g/mol. The molecule has 0 atom stereocenters. The van der Waals surface area contributed by atoms with Crippen molar-refractivity contribution < 1.29 is 65.2 Å². The SMILES string of the molecule is C=CC[N+](C)(C)CC=C.O=S(=O)([N-]S(=O)(=O)C(F)(F)C(F)(F)F)C(F)(F)C(F)(F)F. The van der Waals surface area contributed by atoms with Crippen LogP contribution in [0.3, 0.4) is 0 Å². The maximum absolute atomic E-state index is 12.3. The number of rotatable bonds is 8. The fourth-order valence-corrected chi connectivity index (χ4v) is 3.66. The predicted octanol–water partition coefficient (Wildman–Crippen LogP) is 3.76. The normalized spacial score (nSPS) is 14.5. The van der Waals surface area contributed by atoms with Gasteiger partial charge in [-0.15, -0.1) is 0 Å². The molecular formula is C12H16F10N2O4S2. The third-order valence-electron chi connectivity index (χ3n) is 2.75. The Balaban J connectivity index is 0. The van der Waals surface area contributed by atoms with E-state index in [0.29, 0.717) is 4.13 Å². The molecule has 30 heavy (non-hydrogen) atoms. The van der Waals surface area contributed by atoms with Crippen molar-refractivity contribution >= 4 is 20.0 Å². The summed E-state index contributed by atoms with van der Waals surface area (Å²) in [4.78, 5) is 0. The van der Waals surface area contributed by atoms with E-state index in [2.05, 4.69) is 27.3 Å². The molecule has 0 rings (SSSR count). The smallest absolute Gasteiger partial charge is 0.425 e. The largest absolute Gasteiger partial charge is 0.467 e. The van der Waals surface area contributed by atoms with E-state index in [1.165, 1.54) is 0 Å². The van der Waals surface area contributed by atoms with Gasteiger partial charge in [0.1, 0.15) is 0 Å². The van der Waals surface area contributed by atoms with Crippen molar-refractivity contribution in [3.05, 3.63) is 29.4 Å². The Hall–Kier alpha value is -1.40. The van der Waals surface area contributed by atoms with Gasteiger partial charge in [-0.3, -0.25) is 0 Å². The summed E-state index contributed by atoms with van der Waals surface area (Å²) >= 11 is 0. The van der Waals surface area contributed by atoms with Gasteiger partial charge >= 0.3 is 22.9 Å². The van der Waals surface area contributed by atoms with Crippen LogP contribution < -0.4 is 0 Å². The van der Waals surface area contributed by atoms with Crippen LogP contribution in [0.4, 0.5) is 43.9 Å². The minimum absolute atomic E-state index is 0.422. The van der Waals surface area contributed by atoms with Gasteiger partial charge in [0.2, 0.25) is 0 Å². The lowest BCUT2D eigenvalue weighted by Gasteiger charge is -2.31. The second kappa shape index (κ2) is 9.39. The van der Waals surface area contributed by atoms with Gasteiger partial charge in [0.15, 0.2) is 20.0 Å². The van der Waals surface area contributed by atoms with Gasteiger partial charge in [-0.25, -0.2) is 16.8 Å². The Morgan fingerprint density at radius 2 is 0.933 bits per heavy atom. The molecule has 0 amide bonds. The van der Waals surface area contributed by atoms with Crippen LogP contribution in [0.15, 0.2) is 25.3 Å². The Kier molecular flexibility index (Phi) is 9.64. The molecule has 0 N–H and O–H groups in total. The fraction of sp³-hybridized carbons (Fsp3) is 0.667. The molecule has 0 aliphatic heterocycles. The topological polar surface area (TPSA) is 82.4 Å². The molecule has 0 aliphatic carbocycles. The van der Waals surface area contributed by atoms with E-state index in [1.54, 1.807) is 0 Å². The Labute approximate surface area is 165 Å². The maximum atomic E-state index is 12.3. The van der Waals surface area contributed by atoms with E-state index < -0.39 is 42.9 Å². The van der Waals surface area contributed by atoms with Crippen molar-refractivity contribution in [1.29, 1.82) is 0 Å². The summed E-state index contributed by atoms with van der Waals surface area (Å²) in [5, 5.41) is -14.0. The molecule has 0 radical (unpaired) electrons. The number of nitrogens with zero attached hydrogens (tertiary/aromatic N) is 2. The highest BCUT2D eigenvalue weighted by Crippen LogP contribution is 2.47. The van der Waals surface area contributed by atoms with E-state index in [4.69, 9.17) is 0 Å². The van der Waals surface area contributed by atoms with Crippen molar-refractivity contribution in [3.8, 4) is 0 Å². The van der Waals surface area contributed by atoms with E-state index in [0.717, 1.165) is 17.6 Å². The zero-order valence-electron chi connectivity index (χ0n) is 15.1. The minimum Gasteiger partial charge on any atom is -0.425 e. The van der Waals surface area contributed by atoms with Crippen LogP contribution in [0.2, 0.25) is 0 Å². The van der Waals surface area contributed by atoms with Crippen LogP contribution in [0.1, 0.15) is 0 Å². The van der Waals surface area contributed by atoms with Crippen LogP contribution in [-0.2, 0) is 20.0 Å². The minimum atomic E-state index is -7.62. The van der Waals surface area contributed by atoms with E-state index in [1.807, 2.05) is 12.2 Å². The molecule has 0 saturated heterocycles. The van der Waals surface area contributed by atoms with Crippen molar-refractivity contribution in [2.24, 2.45) is 0 Å². The predicted molar refractivity (Wildman–Crippen MR) is 85.4 cm³/mol. The number of alkyl halides is 10. The fourth-order valence-electron chi connectivity index (χ4n) is 1.29. The van der Waals surface area contributed by atoms with Gasteiger partial charge in [0.25, 0.3) is 0 Å². The van der Waals surface area contributed by atoms with Gasteiger partial charge in [-0.05, 0) is 12.2 Å². The van der Waals surface area contributed by atoms with Crippen molar-refractivity contribution in [3.63, 3.8) is 0 Å². The lowest BCUT2D eigenvalue weighted by Crippen LogP contribution is -2.48. The van der Waals surface area contributed by atoms with Crippen LogP contribution in [0.25, 0.3) is 4.13 Å². The van der Waals surface area contributed by atoms with Crippen LogP contribution >= 0.6 is 0 Å². The lowest BCUT2D eigenvalue weighted by molar-refractivity contribution is -0.878. The van der Waals surface area contributed by atoms with Crippen LogP contribution in [-0.4, -0.2) is 71.4 Å². The van der Waals surface area contributed by atoms with Gasteiger partial charge < -0.3 is 8.61 Å². The summed E-state index contributed by atoms with van der Waals surface area (Å²) in [5.41, 5.74) is 0. The molecule has 0 heterocycles. The maximum Gasteiger partial charge on any atom is 0.467 e. The standard InChI is InChI=1S/C8H16N.C4F10NO4S2/c1-5-7-9(3,4)8-6-2;5-1(6,7)3(11,12)20(16,17)15-21(18,19)4(13,14)2(8,9)10/h5-6H,1-2,7-8H2,3-4H3;/q+1;-1. The number of quaternary nitrogens is 1. The zero-order chi connectivity index (χ0) is 25.0. The van der Waals surface area contributed by atoms with Gasteiger partial charge in [0, 0.05) is 0 Å². The summed E-state index contributed by atoms with van der Waals surface area (Å²) < 4.78 is 162. The highest BCUT2D eigenvalue weighted by Gasteiger charge is 2.68. The van der Waals surface area contributed by atoms with Crippen molar-refractivity contribution in [2.45, 2.75) is 22.9 Å². The number of likely N-dealkylation sites (N-methyl/N-ethyl adjacent to an activating group) is 1. The highest BCUT2D eigenvalue weighted by molar-refractivity contribution is 8.13. The zero-order valence-corrected chi connectivity index (χ0v) is 16.7. The van der Waals surface area contributed by atoms with E-state index in [-0.39, 0.29) is 0 Å². The summed E-state index contributed by atoms with van der Waals surface area (Å²) in [6, 6.07) is 0. The Morgan fingerprint density at radius 3 is 1.10 bits per heavy atom. The number of sulfonamides is 2. The lowest BCUT2D eigenvalue weighted by atomic mass is 10.4. The molecule has 0 aromatic carbocycles. The first kappa shape index (κ1) is 30.8. The second-order valence-corrected chi connectivity index (χ2v) is 9.45. The molecule has 0 spiro atoms.